The third-order valence-corrected chi connectivity index (χ3v) is 2.70. The number of benzene rings is 1. The fraction of sp³-hybridized carbons (Fsp3) is 0.385. The second-order valence-corrected chi connectivity index (χ2v) is 4.55. The van der Waals surface area contributed by atoms with Crippen molar-refractivity contribution in [2.45, 2.75) is 26.4 Å². The average Bonchev–Trinajstić information content (AvgIpc) is 2.35. The van der Waals surface area contributed by atoms with Gasteiger partial charge in [-0.25, -0.2) is 0 Å². The van der Waals surface area contributed by atoms with Crippen molar-refractivity contribution in [3.05, 3.63) is 35.4 Å². The highest BCUT2D eigenvalue weighted by Crippen LogP contribution is 2.05. The average molecular weight is 286 g/mol. The molecule has 19 heavy (non-hydrogen) atoms. The second kappa shape index (κ2) is 7.76. The summed E-state index contributed by atoms with van der Waals surface area (Å²) in [6.07, 6.45) is 0. The molecule has 0 saturated heterocycles. The smallest absolute Gasteiger partial charge is 0.248 e. The minimum Gasteiger partial charge on any atom is -0.366 e. The van der Waals surface area contributed by atoms with Crippen molar-refractivity contribution >= 4 is 24.2 Å². The Balaban J connectivity index is 0.00000324. The summed E-state index contributed by atoms with van der Waals surface area (Å²) < 4.78 is 0. The van der Waals surface area contributed by atoms with Gasteiger partial charge >= 0.3 is 0 Å². The van der Waals surface area contributed by atoms with Crippen molar-refractivity contribution in [3.8, 4) is 0 Å². The van der Waals surface area contributed by atoms with E-state index in [2.05, 4.69) is 5.32 Å². The van der Waals surface area contributed by atoms with Crippen molar-refractivity contribution in [3.63, 3.8) is 0 Å². The standard InChI is InChI=1S/C13H19N3O2.ClH/c1-8(2)11(14)13(18)16-7-9-4-3-5-10(6-9)12(15)17;/h3-6,8,11H,7,14H2,1-2H3,(H2,15,17)(H,16,18);1H/t11-;/m0./s1. The highest BCUT2D eigenvalue weighted by molar-refractivity contribution is 5.92. The Hall–Kier alpha value is -1.59. The van der Waals surface area contributed by atoms with Gasteiger partial charge in [0.2, 0.25) is 11.8 Å². The van der Waals surface area contributed by atoms with E-state index in [4.69, 9.17) is 11.5 Å². The summed E-state index contributed by atoms with van der Waals surface area (Å²) in [6.45, 7) is 4.11. The van der Waals surface area contributed by atoms with Gasteiger partial charge in [0, 0.05) is 12.1 Å². The van der Waals surface area contributed by atoms with Crippen LogP contribution in [0.25, 0.3) is 0 Å². The molecule has 1 atom stereocenters. The molecule has 0 aliphatic rings. The molecular weight excluding hydrogens is 266 g/mol. The largest absolute Gasteiger partial charge is 0.366 e. The molecule has 0 aliphatic carbocycles. The van der Waals surface area contributed by atoms with Gasteiger partial charge in [-0.05, 0) is 23.6 Å². The second-order valence-electron chi connectivity index (χ2n) is 4.55. The third-order valence-electron chi connectivity index (χ3n) is 2.70. The van der Waals surface area contributed by atoms with Gasteiger partial charge < -0.3 is 16.8 Å². The van der Waals surface area contributed by atoms with Crippen molar-refractivity contribution in [1.29, 1.82) is 0 Å². The van der Waals surface area contributed by atoms with E-state index in [9.17, 15) is 9.59 Å². The van der Waals surface area contributed by atoms with Gasteiger partial charge in [0.15, 0.2) is 0 Å². The molecule has 1 aromatic carbocycles. The highest BCUT2D eigenvalue weighted by Gasteiger charge is 2.16. The van der Waals surface area contributed by atoms with Crippen LogP contribution in [0.15, 0.2) is 24.3 Å². The summed E-state index contributed by atoms with van der Waals surface area (Å²) in [4.78, 5) is 22.7. The minimum atomic E-state index is -0.524. The molecule has 5 nitrogen and oxygen atoms in total. The summed E-state index contributed by atoms with van der Waals surface area (Å²) in [5.74, 6) is -0.599. The Morgan fingerprint density at radius 2 is 1.95 bits per heavy atom. The number of carbonyl (C=O) groups excluding carboxylic acids is 2. The Morgan fingerprint density at radius 3 is 2.47 bits per heavy atom. The van der Waals surface area contributed by atoms with E-state index in [1.54, 1.807) is 18.2 Å². The maximum absolute atomic E-state index is 11.6. The molecule has 0 aliphatic heterocycles. The van der Waals surface area contributed by atoms with Gasteiger partial charge in [0.25, 0.3) is 0 Å². The molecule has 0 saturated carbocycles. The van der Waals surface area contributed by atoms with Gasteiger partial charge in [-0.1, -0.05) is 26.0 Å². The van der Waals surface area contributed by atoms with Gasteiger partial charge in [-0.15, -0.1) is 12.4 Å². The van der Waals surface area contributed by atoms with Crippen molar-refractivity contribution in [1.82, 2.24) is 5.32 Å². The SMILES string of the molecule is CC(C)[C@H](N)C(=O)NCc1cccc(C(N)=O)c1.Cl. The third kappa shape index (κ3) is 5.28. The predicted molar refractivity (Wildman–Crippen MR) is 76.9 cm³/mol. The first-order valence-corrected chi connectivity index (χ1v) is 5.84. The van der Waals surface area contributed by atoms with E-state index in [1.807, 2.05) is 19.9 Å². The predicted octanol–water partition coefficient (Wildman–Crippen LogP) is 0.807. The Bertz CT molecular complexity index is 449. The lowest BCUT2D eigenvalue weighted by molar-refractivity contribution is -0.123. The number of rotatable bonds is 5. The number of hydrogen-bond acceptors (Lipinski definition) is 3. The Kier molecular flexibility index (Phi) is 7.11. The van der Waals surface area contributed by atoms with Gasteiger partial charge in [0.05, 0.1) is 6.04 Å². The molecule has 0 spiro atoms. The van der Waals surface area contributed by atoms with Crippen molar-refractivity contribution < 1.29 is 9.59 Å². The summed E-state index contributed by atoms with van der Waals surface area (Å²) in [5.41, 5.74) is 12.1. The molecule has 1 rings (SSSR count). The molecule has 0 heterocycles. The van der Waals surface area contributed by atoms with E-state index in [-0.39, 0.29) is 24.2 Å². The zero-order valence-electron chi connectivity index (χ0n) is 11.1. The van der Waals surface area contributed by atoms with Crippen LogP contribution in [0.5, 0.6) is 0 Å². The molecule has 0 unspecified atom stereocenters. The monoisotopic (exact) mass is 285 g/mol. The minimum absolute atomic E-state index is 0. The number of nitrogens with one attached hydrogen (secondary N) is 1. The number of halogens is 1. The van der Waals surface area contributed by atoms with Crippen molar-refractivity contribution in [2.75, 3.05) is 0 Å². The fourth-order valence-electron chi connectivity index (χ4n) is 1.44. The summed E-state index contributed by atoms with van der Waals surface area (Å²) >= 11 is 0. The molecule has 1 aromatic rings. The van der Waals surface area contributed by atoms with Crippen LogP contribution in [0.2, 0.25) is 0 Å². The van der Waals surface area contributed by atoms with Gasteiger partial charge in [-0.2, -0.15) is 0 Å². The number of nitrogens with two attached hydrogens (primary N) is 2. The zero-order chi connectivity index (χ0) is 13.7. The first kappa shape index (κ1) is 17.4. The molecule has 6 heteroatoms. The fourth-order valence-corrected chi connectivity index (χ4v) is 1.44. The quantitative estimate of drug-likeness (QED) is 0.746. The van der Waals surface area contributed by atoms with E-state index >= 15 is 0 Å². The van der Waals surface area contributed by atoms with Crippen LogP contribution in [-0.4, -0.2) is 17.9 Å². The molecule has 0 aromatic heterocycles. The number of primary amides is 1. The van der Waals surface area contributed by atoms with Crippen molar-refractivity contribution in [2.24, 2.45) is 17.4 Å². The maximum atomic E-state index is 11.6. The highest BCUT2D eigenvalue weighted by atomic mass is 35.5. The summed E-state index contributed by atoms with van der Waals surface area (Å²) in [7, 11) is 0. The Morgan fingerprint density at radius 1 is 1.32 bits per heavy atom. The van der Waals surface area contributed by atoms with E-state index in [1.165, 1.54) is 0 Å². The van der Waals surface area contributed by atoms with Crippen LogP contribution in [0.4, 0.5) is 0 Å². The normalized spacial score (nSPS) is 11.6. The molecule has 0 bridgehead atoms. The van der Waals surface area contributed by atoms with E-state index < -0.39 is 11.9 Å². The lowest BCUT2D eigenvalue weighted by atomic mass is 10.0. The molecular formula is C13H20ClN3O2. The first-order chi connectivity index (χ1) is 8.41. The lowest BCUT2D eigenvalue weighted by Crippen LogP contribution is -2.43. The Labute approximate surface area is 119 Å². The van der Waals surface area contributed by atoms with E-state index in [0.717, 1.165) is 5.56 Å². The first-order valence-electron chi connectivity index (χ1n) is 5.84. The zero-order valence-corrected chi connectivity index (χ0v) is 11.9. The van der Waals surface area contributed by atoms with Crippen LogP contribution >= 0.6 is 12.4 Å². The van der Waals surface area contributed by atoms with Gasteiger partial charge in [0.1, 0.15) is 0 Å². The van der Waals surface area contributed by atoms with Crippen LogP contribution < -0.4 is 16.8 Å². The van der Waals surface area contributed by atoms with Crippen LogP contribution in [0, 0.1) is 5.92 Å². The van der Waals surface area contributed by atoms with Crippen LogP contribution in [-0.2, 0) is 11.3 Å². The molecule has 0 radical (unpaired) electrons. The topological polar surface area (TPSA) is 98.2 Å². The molecule has 2 amide bonds. The number of hydrogen-bond donors (Lipinski definition) is 3. The lowest BCUT2D eigenvalue weighted by Gasteiger charge is -2.15. The maximum Gasteiger partial charge on any atom is 0.248 e. The molecule has 5 N–H and O–H groups in total. The molecule has 0 fully saturated rings. The number of amides is 2. The van der Waals surface area contributed by atoms with Crippen LogP contribution in [0.3, 0.4) is 0 Å². The van der Waals surface area contributed by atoms with Crippen LogP contribution in [0.1, 0.15) is 29.8 Å². The summed E-state index contributed by atoms with van der Waals surface area (Å²) in [5, 5.41) is 2.73. The van der Waals surface area contributed by atoms with E-state index in [0.29, 0.717) is 12.1 Å². The van der Waals surface area contributed by atoms with Gasteiger partial charge in [-0.3, -0.25) is 9.59 Å². The molecule has 106 valence electrons. The number of carbonyl (C=O) groups is 2. The summed E-state index contributed by atoms with van der Waals surface area (Å²) in [6, 6.07) is 6.30.